The van der Waals surface area contributed by atoms with Gasteiger partial charge >= 0.3 is 11.8 Å². The number of thioether (sulfide) groups is 1. The minimum absolute atomic E-state index is 0.0660. The van der Waals surface area contributed by atoms with E-state index in [4.69, 9.17) is 4.42 Å². The summed E-state index contributed by atoms with van der Waals surface area (Å²) in [5, 5.41) is 46.5. The number of aromatic nitrogens is 1. The Hall–Kier alpha value is -7.86. The van der Waals surface area contributed by atoms with Crippen molar-refractivity contribution in [3.63, 3.8) is 0 Å². The molecule has 0 bridgehead atoms. The Kier molecular flexibility index (Phi) is 11.5. The average molecular weight is 868 g/mol. The fourth-order valence-electron chi connectivity index (χ4n) is 7.48. The molecule has 3 amide bonds. The lowest BCUT2D eigenvalue weighted by molar-refractivity contribution is -0.676. The number of phenolic OH excluding ortho intramolecular Hbond substituents is 1. The molecule has 0 spiro atoms. The largest absolute Gasteiger partial charge is 0.543 e. The predicted octanol–water partition coefficient (Wildman–Crippen LogP) is 3.96. The third kappa shape index (κ3) is 8.43. The van der Waals surface area contributed by atoms with E-state index in [0.29, 0.717) is 33.6 Å². The molecule has 0 unspecified atom stereocenters. The topological polar surface area (TPSA) is 238 Å². The number of amides is 3. The van der Waals surface area contributed by atoms with Gasteiger partial charge in [0.25, 0.3) is 11.8 Å². The molecule has 0 saturated carbocycles. The van der Waals surface area contributed by atoms with Gasteiger partial charge in [-0.15, -0.1) is 11.8 Å². The second-order valence-corrected chi connectivity index (χ2v) is 16.0. The van der Waals surface area contributed by atoms with Crippen LogP contribution in [0.3, 0.4) is 0 Å². The minimum Gasteiger partial charge on any atom is -0.543 e. The molecular weight excluding hydrogens is 831 g/mol. The summed E-state index contributed by atoms with van der Waals surface area (Å²) in [4.78, 5) is 80.1. The maximum Gasteiger partial charge on any atom is 0.350 e. The van der Waals surface area contributed by atoms with Crippen LogP contribution in [-0.4, -0.2) is 82.6 Å². The molecule has 4 heterocycles. The van der Waals surface area contributed by atoms with E-state index in [2.05, 4.69) is 20.9 Å². The van der Waals surface area contributed by atoms with Gasteiger partial charge in [0.1, 0.15) is 40.7 Å². The Morgan fingerprint density at radius 2 is 1.75 bits per heavy atom. The summed E-state index contributed by atoms with van der Waals surface area (Å²) < 4.78 is 7.60. The molecule has 4 aliphatic rings. The van der Waals surface area contributed by atoms with Crippen molar-refractivity contribution in [2.24, 2.45) is 10.2 Å². The third-order valence-electron chi connectivity index (χ3n) is 10.6. The zero-order chi connectivity index (χ0) is 44.5. The molecule has 0 radical (unpaired) electrons. The predicted molar refractivity (Wildman–Crippen MR) is 229 cm³/mol. The zero-order valence-electron chi connectivity index (χ0n) is 33.6. The highest BCUT2D eigenvalue weighted by atomic mass is 32.2. The zero-order valence-corrected chi connectivity index (χ0v) is 34.4. The van der Waals surface area contributed by atoms with Crippen LogP contribution in [0, 0.1) is 0 Å². The number of aromatic carboxylic acids is 1. The first-order valence-electron chi connectivity index (χ1n) is 19.5. The van der Waals surface area contributed by atoms with Gasteiger partial charge in [-0.05, 0) is 83.5 Å². The van der Waals surface area contributed by atoms with Gasteiger partial charge in [-0.2, -0.15) is 0 Å². The SMILES string of the molecule is CN(C)c1ccc(N=Nc2cccc[n+]2CC2=C(C(=O)[O-])N3C(=O)[C@@H](NC(=O)CCNC(=O)c4ccc(C(=O)O)c(-c5c6ccc(=O)cc-6oc6cc(O)ccc56)c4)[C@@H]3SC2)cc1. The number of carboxylic acids is 2. The van der Waals surface area contributed by atoms with Crippen LogP contribution in [-0.2, 0) is 20.9 Å². The molecule has 1 aliphatic carbocycles. The molecule has 17 nitrogen and oxygen atoms in total. The number of carbonyl (C=O) groups is 5. The maximum absolute atomic E-state index is 13.4. The van der Waals surface area contributed by atoms with Crippen molar-refractivity contribution >= 4 is 69.6 Å². The van der Waals surface area contributed by atoms with Crippen molar-refractivity contribution < 1.29 is 48.3 Å². The number of phenols is 1. The average Bonchev–Trinajstić information content (AvgIpc) is 3.26. The van der Waals surface area contributed by atoms with E-state index in [0.717, 1.165) is 10.6 Å². The van der Waals surface area contributed by atoms with Crippen molar-refractivity contribution in [2.45, 2.75) is 24.4 Å². The van der Waals surface area contributed by atoms with Crippen molar-refractivity contribution in [3.05, 3.63) is 136 Å². The van der Waals surface area contributed by atoms with Gasteiger partial charge in [0.05, 0.1) is 28.5 Å². The van der Waals surface area contributed by atoms with Gasteiger partial charge in [-0.3, -0.25) is 24.1 Å². The molecule has 2 atom stereocenters. The maximum atomic E-state index is 13.4. The van der Waals surface area contributed by atoms with Crippen molar-refractivity contribution in [2.75, 3.05) is 31.3 Å². The summed E-state index contributed by atoms with van der Waals surface area (Å²) in [6.07, 6.45) is 1.49. The van der Waals surface area contributed by atoms with Gasteiger partial charge in [-0.1, -0.05) is 6.07 Å². The number of azo groups is 1. The number of fused-ring (bicyclic) bond motifs is 3. The highest BCUT2D eigenvalue weighted by molar-refractivity contribution is 8.00. The molecule has 1 saturated heterocycles. The fraction of sp³-hybridized carbons (Fsp3) is 0.178. The van der Waals surface area contributed by atoms with E-state index in [9.17, 15) is 44.1 Å². The number of carboxylic acid groups (broad SMARTS) is 2. The van der Waals surface area contributed by atoms with Crippen LogP contribution in [0.25, 0.3) is 33.4 Å². The molecule has 63 heavy (non-hydrogen) atoms. The second-order valence-electron chi connectivity index (χ2n) is 14.9. The number of anilines is 1. The Labute approximate surface area is 362 Å². The van der Waals surface area contributed by atoms with E-state index in [1.54, 1.807) is 35.0 Å². The summed E-state index contributed by atoms with van der Waals surface area (Å²) in [6, 6.07) is 24.0. The highest BCUT2D eigenvalue weighted by Gasteiger charge is 2.53. The molecule has 4 N–H and O–H groups in total. The first kappa shape index (κ1) is 41.9. The van der Waals surface area contributed by atoms with E-state index in [-0.39, 0.29) is 70.2 Å². The number of aromatic hydroxyl groups is 1. The normalized spacial score (nSPS) is 15.9. The summed E-state index contributed by atoms with van der Waals surface area (Å²) in [5.41, 5.74) is 2.41. The minimum atomic E-state index is -1.53. The molecule has 1 aromatic heterocycles. The number of pyridine rings is 1. The molecular formula is C45H37N7O10S. The van der Waals surface area contributed by atoms with E-state index in [1.807, 2.05) is 43.3 Å². The van der Waals surface area contributed by atoms with Crippen molar-refractivity contribution in [1.29, 1.82) is 0 Å². The number of hydrogen-bond acceptors (Lipinski definition) is 13. The lowest BCUT2D eigenvalue weighted by atomic mass is 9.89. The summed E-state index contributed by atoms with van der Waals surface area (Å²) in [7, 11) is 3.86. The van der Waals surface area contributed by atoms with Gasteiger partial charge in [-0.25, -0.2) is 9.36 Å². The molecule has 4 aromatic rings. The van der Waals surface area contributed by atoms with E-state index in [1.165, 1.54) is 60.3 Å². The van der Waals surface area contributed by atoms with Gasteiger partial charge < -0.3 is 40.1 Å². The van der Waals surface area contributed by atoms with Crippen LogP contribution in [0.2, 0.25) is 0 Å². The number of nitrogens with zero attached hydrogens (tertiary/aromatic N) is 5. The first-order valence-corrected chi connectivity index (χ1v) is 20.5. The fourth-order valence-corrected chi connectivity index (χ4v) is 8.82. The second kappa shape index (κ2) is 17.3. The van der Waals surface area contributed by atoms with E-state index >= 15 is 0 Å². The Bertz CT molecular complexity index is 2950. The number of nitrogens with one attached hydrogen (secondary N) is 2. The lowest BCUT2D eigenvalue weighted by Gasteiger charge is -2.50. The Morgan fingerprint density at radius 3 is 2.49 bits per heavy atom. The first-order chi connectivity index (χ1) is 30.3. The molecule has 18 heteroatoms. The molecule has 3 aromatic carbocycles. The van der Waals surface area contributed by atoms with Crippen LogP contribution < -0.4 is 30.6 Å². The molecule has 1 fully saturated rings. The standard InChI is InChI=1S/C45H37N7O10S/c1-50(2)27-9-7-26(8-10-27)48-49-36-5-3-4-18-51(36)22-25-23-63-43-39(42(57)52(43)40(25)45(60)61)47-37(55)16-17-46-41(56)24-6-13-30(44(58)59)33(19-24)38-31-14-11-28(53)20-34(31)62-35-21-29(54)12-15-32(35)38/h3-15,18-21,39,43H,16-17,22-23H2,1-2H3,(H4-,46,47,53,54,55,56,58,59,60,61)/t39-,43+/m1/s1. The molecule has 3 aliphatic heterocycles. The number of aliphatic carboxylic acids is 1. The molecule has 318 valence electrons. The van der Waals surface area contributed by atoms with E-state index < -0.39 is 41.1 Å². The monoisotopic (exact) mass is 867 g/mol. The summed E-state index contributed by atoms with van der Waals surface area (Å²) in [5.74, 6) is -3.94. The quantitative estimate of drug-likeness (QED) is 0.0559. The van der Waals surface area contributed by atoms with Crippen LogP contribution in [0.5, 0.6) is 5.75 Å². The summed E-state index contributed by atoms with van der Waals surface area (Å²) >= 11 is 1.29. The molecule has 8 rings (SSSR count). The van der Waals surface area contributed by atoms with Gasteiger partial charge in [0.15, 0.2) is 5.43 Å². The number of hydrogen-bond donors (Lipinski definition) is 4. The Balaban J connectivity index is 0.928. The number of benzene rings is 4. The number of carbonyl (C=O) groups excluding carboxylic acids is 4. The third-order valence-corrected chi connectivity index (χ3v) is 11.9. The highest BCUT2D eigenvalue weighted by Crippen LogP contribution is 2.43. The number of β-lactam (4-membered cyclic amide) rings is 1. The van der Waals surface area contributed by atoms with Crippen LogP contribution in [0.1, 0.15) is 27.1 Å². The number of rotatable bonds is 13. The Morgan fingerprint density at radius 1 is 0.952 bits per heavy atom. The van der Waals surface area contributed by atoms with Crippen LogP contribution in [0.4, 0.5) is 17.2 Å². The smallest absolute Gasteiger partial charge is 0.350 e. The lowest BCUT2D eigenvalue weighted by Crippen LogP contribution is -2.71. The van der Waals surface area contributed by atoms with Gasteiger partial charge in [0, 0.05) is 84.3 Å². The summed E-state index contributed by atoms with van der Waals surface area (Å²) in [6.45, 7) is -0.0749. The van der Waals surface area contributed by atoms with Crippen LogP contribution in [0.15, 0.2) is 134 Å². The van der Waals surface area contributed by atoms with Crippen molar-refractivity contribution in [3.8, 4) is 28.2 Å². The van der Waals surface area contributed by atoms with Gasteiger partial charge in [0.2, 0.25) is 5.91 Å². The van der Waals surface area contributed by atoms with Crippen molar-refractivity contribution in [1.82, 2.24) is 15.5 Å². The van der Waals surface area contributed by atoms with Crippen LogP contribution >= 0.6 is 11.8 Å².